The zero-order valence-corrected chi connectivity index (χ0v) is 11.4. The molecule has 1 fully saturated rings. The Morgan fingerprint density at radius 2 is 2.22 bits per heavy atom. The number of amides is 1. The normalized spacial score (nSPS) is 22.5. The van der Waals surface area contributed by atoms with E-state index in [4.69, 9.17) is 0 Å². The van der Waals surface area contributed by atoms with Gasteiger partial charge in [0, 0.05) is 5.69 Å². The standard InChI is InChI=1S/C15H22N2O/c1-11-6-4-7-12(10-11)17-14(18)13-15(2,3)8-5-9-16-13/h4,6-7,10,13,16H,5,8-9H2,1-3H3,(H,17,18). The van der Waals surface area contributed by atoms with Crippen LogP contribution in [0.2, 0.25) is 0 Å². The summed E-state index contributed by atoms with van der Waals surface area (Å²) in [5.41, 5.74) is 2.05. The van der Waals surface area contributed by atoms with Crippen LogP contribution in [0.3, 0.4) is 0 Å². The van der Waals surface area contributed by atoms with E-state index in [0.717, 1.165) is 30.6 Å². The Bertz CT molecular complexity index is 440. The Morgan fingerprint density at radius 1 is 1.44 bits per heavy atom. The van der Waals surface area contributed by atoms with Gasteiger partial charge in [0.15, 0.2) is 0 Å². The Kier molecular flexibility index (Phi) is 3.71. The number of benzene rings is 1. The van der Waals surface area contributed by atoms with Gasteiger partial charge in [-0.05, 0) is 49.4 Å². The fourth-order valence-corrected chi connectivity index (χ4v) is 2.60. The zero-order valence-electron chi connectivity index (χ0n) is 11.4. The van der Waals surface area contributed by atoms with Gasteiger partial charge in [-0.3, -0.25) is 4.79 Å². The van der Waals surface area contributed by atoms with Gasteiger partial charge < -0.3 is 10.6 Å². The van der Waals surface area contributed by atoms with Gasteiger partial charge in [0.1, 0.15) is 0 Å². The third kappa shape index (κ3) is 2.91. The van der Waals surface area contributed by atoms with Crippen molar-refractivity contribution in [1.82, 2.24) is 5.32 Å². The number of anilines is 1. The summed E-state index contributed by atoms with van der Waals surface area (Å²) in [4.78, 5) is 12.3. The molecule has 0 bridgehead atoms. The summed E-state index contributed by atoms with van der Waals surface area (Å²) in [6, 6.07) is 7.81. The van der Waals surface area contributed by atoms with Crippen LogP contribution in [0.15, 0.2) is 24.3 Å². The topological polar surface area (TPSA) is 41.1 Å². The van der Waals surface area contributed by atoms with Crippen molar-refractivity contribution in [3.8, 4) is 0 Å². The molecule has 1 saturated heterocycles. The van der Waals surface area contributed by atoms with Crippen molar-refractivity contribution >= 4 is 11.6 Å². The van der Waals surface area contributed by atoms with E-state index in [2.05, 4.69) is 24.5 Å². The van der Waals surface area contributed by atoms with Crippen LogP contribution in [-0.4, -0.2) is 18.5 Å². The Balaban J connectivity index is 2.07. The first-order valence-electron chi connectivity index (χ1n) is 6.60. The van der Waals surface area contributed by atoms with Crippen molar-refractivity contribution in [1.29, 1.82) is 0 Å². The molecule has 1 aliphatic heterocycles. The highest BCUT2D eigenvalue weighted by Crippen LogP contribution is 2.30. The van der Waals surface area contributed by atoms with Crippen molar-refractivity contribution in [3.05, 3.63) is 29.8 Å². The van der Waals surface area contributed by atoms with Crippen LogP contribution in [0.5, 0.6) is 0 Å². The first kappa shape index (κ1) is 13.1. The number of carbonyl (C=O) groups is 1. The second-order valence-corrected chi connectivity index (χ2v) is 5.84. The van der Waals surface area contributed by atoms with E-state index in [1.54, 1.807) is 0 Å². The van der Waals surface area contributed by atoms with E-state index < -0.39 is 0 Å². The molecule has 1 amide bonds. The molecule has 0 saturated carbocycles. The fourth-order valence-electron chi connectivity index (χ4n) is 2.60. The smallest absolute Gasteiger partial charge is 0.242 e. The molecule has 1 unspecified atom stereocenters. The van der Waals surface area contributed by atoms with Crippen molar-refractivity contribution in [2.45, 2.75) is 39.7 Å². The van der Waals surface area contributed by atoms with Gasteiger partial charge in [-0.15, -0.1) is 0 Å². The maximum Gasteiger partial charge on any atom is 0.242 e. The van der Waals surface area contributed by atoms with Crippen LogP contribution in [0.25, 0.3) is 0 Å². The number of carbonyl (C=O) groups excluding carboxylic acids is 1. The molecule has 1 aromatic rings. The highest BCUT2D eigenvalue weighted by atomic mass is 16.2. The molecule has 18 heavy (non-hydrogen) atoms. The molecule has 1 atom stereocenters. The minimum absolute atomic E-state index is 0.0200. The number of piperidine rings is 1. The Labute approximate surface area is 109 Å². The molecule has 1 aliphatic rings. The molecule has 1 heterocycles. The van der Waals surface area contributed by atoms with E-state index in [9.17, 15) is 4.79 Å². The largest absolute Gasteiger partial charge is 0.325 e. The number of aryl methyl sites for hydroxylation is 1. The minimum Gasteiger partial charge on any atom is -0.325 e. The molecule has 1 aromatic carbocycles. The molecular formula is C15H22N2O. The second-order valence-electron chi connectivity index (χ2n) is 5.84. The average Bonchev–Trinajstić information content (AvgIpc) is 2.28. The monoisotopic (exact) mass is 246 g/mol. The van der Waals surface area contributed by atoms with Crippen molar-refractivity contribution in [2.24, 2.45) is 5.41 Å². The summed E-state index contributed by atoms with van der Waals surface area (Å²) in [7, 11) is 0. The number of rotatable bonds is 2. The fraction of sp³-hybridized carbons (Fsp3) is 0.533. The Morgan fingerprint density at radius 3 is 2.89 bits per heavy atom. The molecule has 98 valence electrons. The third-order valence-corrected chi connectivity index (χ3v) is 3.68. The van der Waals surface area contributed by atoms with Gasteiger partial charge in [0.2, 0.25) is 5.91 Å². The summed E-state index contributed by atoms with van der Waals surface area (Å²) in [5, 5.41) is 6.34. The van der Waals surface area contributed by atoms with E-state index in [1.165, 1.54) is 0 Å². The molecule has 3 nitrogen and oxygen atoms in total. The summed E-state index contributed by atoms with van der Waals surface area (Å²) in [5.74, 6) is 0.0744. The second kappa shape index (κ2) is 5.11. The van der Waals surface area contributed by atoms with Gasteiger partial charge in [-0.1, -0.05) is 26.0 Å². The van der Waals surface area contributed by atoms with Crippen LogP contribution in [0, 0.1) is 12.3 Å². The molecule has 3 heteroatoms. The lowest BCUT2D eigenvalue weighted by Gasteiger charge is -2.38. The molecule has 0 spiro atoms. The summed E-state index contributed by atoms with van der Waals surface area (Å²) < 4.78 is 0. The molecular weight excluding hydrogens is 224 g/mol. The highest BCUT2D eigenvalue weighted by Gasteiger charge is 2.36. The van der Waals surface area contributed by atoms with E-state index in [1.807, 2.05) is 31.2 Å². The van der Waals surface area contributed by atoms with E-state index in [0.29, 0.717) is 0 Å². The maximum atomic E-state index is 12.3. The van der Waals surface area contributed by atoms with Crippen LogP contribution < -0.4 is 10.6 Å². The molecule has 0 aromatic heterocycles. The molecule has 2 N–H and O–H groups in total. The van der Waals surface area contributed by atoms with Crippen LogP contribution in [0.4, 0.5) is 5.69 Å². The quantitative estimate of drug-likeness (QED) is 0.842. The van der Waals surface area contributed by atoms with Gasteiger partial charge in [0.25, 0.3) is 0 Å². The predicted molar refractivity (Wildman–Crippen MR) is 74.6 cm³/mol. The number of hydrogen-bond donors (Lipinski definition) is 2. The third-order valence-electron chi connectivity index (χ3n) is 3.68. The first-order valence-corrected chi connectivity index (χ1v) is 6.60. The molecule has 2 rings (SSSR count). The van der Waals surface area contributed by atoms with Gasteiger partial charge >= 0.3 is 0 Å². The highest BCUT2D eigenvalue weighted by molar-refractivity contribution is 5.95. The lowest BCUT2D eigenvalue weighted by molar-refractivity contribution is -0.121. The lowest BCUT2D eigenvalue weighted by atomic mass is 9.77. The van der Waals surface area contributed by atoms with Crippen LogP contribution >= 0.6 is 0 Å². The van der Waals surface area contributed by atoms with E-state index in [-0.39, 0.29) is 17.4 Å². The van der Waals surface area contributed by atoms with Crippen molar-refractivity contribution in [3.63, 3.8) is 0 Å². The van der Waals surface area contributed by atoms with Crippen LogP contribution in [-0.2, 0) is 4.79 Å². The zero-order chi connectivity index (χ0) is 13.2. The number of nitrogens with one attached hydrogen (secondary N) is 2. The maximum absolute atomic E-state index is 12.3. The van der Waals surface area contributed by atoms with E-state index >= 15 is 0 Å². The van der Waals surface area contributed by atoms with Gasteiger partial charge in [-0.25, -0.2) is 0 Å². The average molecular weight is 246 g/mol. The summed E-state index contributed by atoms with van der Waals surface area (Å²) in [6.07, 6.45) is 2.23. The van der Waals surface area contributed by atoms with Gasteiger partial charge in [-0.2, -0.15) is 0 Å². The lowest BCUT2D eigenvalue weighted by Crippen LogP contribution is -2.53. The van der Waals surface area contributed by atoms with Crippen molar-refractivity contribution in [2.75, 3.05) is 11.9 Å². The summed E-state index contributed by atoms with van der Waals surface area (Å²) >= 11 is 0. The minimum atomic E-state index is -0.105. The van der Waals surface area contributed by atoms with Crippen LogP contribution in [0.1, 0.15) is 32.3 Å². The summed E-state index contributed by atoms with van der Waals surface area (Å²) in [6.45, 7) is 7.26. The molecule has 0 radical (unpaired) electrons. The number of hydrogen-bond acceptors (Lipinski definition) is 2. The predicted octanol–water partition coefficient (Wildman–Crippen LogP) is 2.71. The van der Waals surface area contributed by atoms with Crippen molar-refractivity contribution < 1.29 is 4.79 Å². The molecule has 0 aliphatic carbocycles. The first-order chi connectivity index (χ1) is 8.49. The van der Waals surface area contributed by atoms with Gasteiger partial charge in [0.05, 0.1) is 6.04 Å². The SMILES string of the molecule is Cc1cccc(NC(=O)C2NCCCC2(C)C)c1. The Hall–Kier alpha value is -1.35.